The van der Waals surface area contributed by atoms with Gasteiger partial charge in [-0.05, 0) is 43.9 Å². The lowest BCUT2D eigenvalue weighted by Crippen LogP contribution is -2.41. The van der Waals surface area contributed by atoms with E-state index in [0.29, 0.717) is 35.1 Å². The highest BCUT2D eigenvalue weighted by Crippen LogP contribution is 2.38. The molecule has 0 bridgehead atoms. The number of hydrogen-bond donors (Lipinski definition) is 1. The van der Waals surface area contributed by atoms with Crippen LogP contribution in [0.1, 0.15) is 43.9 Å². The minimum atomic E-state index is -4.24. The summed E-state index contributed by atoms with van der Waals surface area (Å²) in [5.41, 5.74) is 2.84. The molecule has 1 saturated heterocycles. The molecule has 0 aliphatic carbocycles. The Hall–Kier alpha value is -2.82. The van der Waals surface area contributed by atoms with E-state index in [2.05, 4.69) is 9.97 Å². The predicted octanol–water partition coefficient (Wildman–Crippen LogP) is 5.85. The number of benzene rings is 1. The highest BCUT2D eigenvalue weighted by atomic mass is 32.2. The number of carboxylic acids is 1. The zero-order valence-electron chi connectivity index (χ0n) is 19.3. The van der Waals surface area contributed by atoms with E-state index in [4.69, 9.17) is 5.11 Å². The van der Waals surface area contributed by atoms with Gasteiger partial charge in [-0.1, -0.05) is 23.9 Å². The van der Waals surface area contributed by atoms with Gasteiger partial charge in [-0.2, -0.15) is 13.2 Å². The number of hydrogen-bond acceptors (Lipinski definition) is 5. The molecule has 4 rings (SSSR count). The predicted molar refractivity (Wildman–Crippen MR) is 126 cm³/mol. The lowest BCUT2D eigenvalue weighted by Gasteiger charge is -2.34. The Morgan fingerprint density at radius 1 is 1.31 bits per heavy atom. The summed E-state index contributed by atoms with van der Waals surface area (Å²) in [4.78, 5) is 21.8. The number of fused-ring (bicyclic) bond motifs is 1. The van der Waals surface area contributed by atoms with Crippen molar-refractivity contribution >= 4 is 34.5 Å². The first-order chi connectivity index (χ1) is 16.5. The lowest BCUT2D eigenvalue weighted by atomic mass is 9.97. The average Bonchev–Trinajstić information content (AvgIpc) is 3.18. The molecule has 188 valence electrons. The fourth-order valence-electron chi connectivity index (χ4n) is 4.35. The molecule has 6 nitrogen and oxygen atoms in total. The second-order valence-corrected chi connectivity index (χ2v) is 9.96. The van der Waals surface area contributed by atoms with Crippen LogP contribution in [-0.4, -0.2) is 44.9 Å². The van der Waals surface area contributed by atoms with Crippen LogP contribution in [0.5, 0.6) is 0 Å². The van der Waals surface area contributed by atoms with Gasteiger partial charge in [0.25, 0.3) is 0 Å². The van der Waals surface area contributed by atoms with Gasteiger partial charge in [0, 0.05) is 31.1 Å². The maximum Gasteiger partial charge on any atom is 0.393 e. The topological polar surface area (TPSA) is 71.2 Å². The number of aromatic nitrogens is 3. The van der Waals surface area contributed by atoms with Gasteiger partial charge in [0.1, 0.15) is 11.3 Å². The standard InChI is InChI=1S/C24H26F4N4O2S/c1-14(2)32-12-20(31-7-3-4-17(11-31)24(26,27)28)22-19(32)10-29-23(30-22)35-13-15-5-6-18(25)16(8-15)9-21(33)34/h5-6,8,10,12,14,17H,3-4,7,9,11,13H2,1-2H3,(H,33,34). The molecule has 0 amide bonds. The molecule has 1 atom stereocenters. The van der Waals surface area contributed by atoms with Crippen molar-refractivity contribution in [2.45, 2.75) is 56.2 Å². The summed E-state index contributed by atoms with van der Waals surface area (Å²) in [7, 11) is 0. The summed E-state index contributed by atoms with van der Waals surface area (Å²) in [5, 5.41) is 9.40. The van der Waals surface area contributed by atoms with Crippen molar-refractivity contribution in [2.24, 2.45) is 5.92 Å². The number of nitrogens with zero attached hydrogens (tertiary/aromatic N) is 4. The van der Waals surface area contributed by atoms with E-state index in [1.54, 1.807) is 17.2 Å². The van der Waals surface area contributed by atoms with E-state index in [-0.39, 0.29) is 24.6 Å². The minimum Gasteiger partial charge on any atom is -0.481 e. The summed E-state index contributed by atoms with van der Waals surface area (Å²) in [6.07, 6.45) is -0.530. The summed E-state index contributed by atoms with van der Waals surface area (Å²) in [6, 6.07) is 4.41. The van der Waals surface area contributed by atoms with E-state index < -0.39 is 30.3 Å². The smallest absolute Gasteiger partial charge is 0.393 e. The number of halogens is 4. The van der Waals surface area contributed by atoms with Crippen LogP contribution in [0, 0.1) is 11.7 Å². The second kappa shape index (κ2) is 10.0. The Morgan fingerprint density at radius 2 is 2.09 bits per heavy atom. The lowest BCUT2D eigenvalue weighted by molar-refractivity contribution is -0.176. The van der Waals surface area contributed by atoms with E-state index in [1.807, 2.05) is 24.6 Å². The third-order valence-corrected chi connectivity index (χ3v) is 7.06. The Bertz CT molecular complexity index is 1230. The van der Waals surface area contributed by atoms with Crippen molar-refractivity contribution in [2.75, 3.05) is 18.0 Å². The molecule has 1 aliphatic heterocycles. The van der Waals surface area contributed by atoms with Crippen molar-refractivity contribution in [3.63, 3.8) is 0 Å². The van der Waals surface area contributed by atoms with Crippen LogP contribution in [0.25, 0.3) is 11.0 Å². The van der Waals surface area contributed by atoms with Crippen LogP contribution >= 0.6 is 11.8 Å². The van der Waals surface area contributed by atoms with Crippen molar-refractivity contribution in [3.8, 4) is 0 Å². The fourth-order valence-corrected chi connectivity index (χ4v) is 5.11. The fraction of sp³-hybridized carbons (Fsp3) is 0.458. The van der Waals surface area contributed by atoms with E-state index in [0.717, 1.165) is 11.1 Å². The third-order valence-electron chi connectivity index (χ3n) is 6.13. The molecule has 1 aliphatic rings. The van der Waals surface area contributed by atoms with Crippen molar-refractivity contribution < 1.29 is 27.5 Å². The highest BCUT2D eigenvalue weighted by molar-refractivity contribution is 7.98. The van der Waals surface area contributed by atoms with Gasteiger partial charge in [0.2, 0.25) is 0 Å². The molecule has 3 heterocycles. The first-order valence-corrected chi connectivity index (χ1v) is 12.3. The first kappa shape index (κ1) is 25.3. The van der Waals surface area contributed by atoms with Gasteiger partial charge >= 0.3 is 12.1 Å². The number of thioether (sulfide) groups is 1. The van der Waals surface area contributed by atoms with Crippen LogP contribution in [-0.2, 0) is 17.0 Å². The number of aliphatic carboxylic acids is 1. The molecule has 0 radical (unpaired) electrons. The van der Waals surface area contributed by atoms with Crippen LogP contribution in [0.4, 0.5) is 23.2 Å². The minimum absolute atomic E-state index is 0.0726. The highest BCUT2D eigenvalue weighted by Gasteiger charge is 2.42. The quantitative estimate of drug-likeness (QED) is 0.244. The molecule has 35 heavy (non-hydrogen) atoms. The average molecular weight is 511 g/mol. The molecule has 0 saturated carbocycles. The van der Waals surface area contributed by atoms with E-state index in [1.165, 1.54) is 23.9 Å². The van der Waals surface area contributed by atoms with Crippen molar-refractivity contribution in [1.29, 1.82) is 0 Å². The number of carbonyl (C=O) groups is 1. The van der Waals surface area contributed by atoms with Crippen molar-refractivity contribution in [1.82, 2.24) is 14.5 Å². The molecular weight excluding hydrogens is 484 g/mol. The zero-order valence-corrected chi connectivity index (χ0v) is 20.2. The van der Waals surface area contributed by atoms with Crippen LogP contribution < -0.4 is 4.90 Å². The first-order valence-electron chi connectivity index (χ1n) is 11.3. The number of rotatable bonds is 7. The van der Waals surface area contributed by atoms with Gasteiger partial charge in [0.05, 0.1) is 29.7 Å². The summed E-state index contributed by atoms with van der Waals surface area (Å²) in [6.45, 7) is 4.40. The zero-order chi connectivity index (χ0) is 25.3. The largest absolute Gasteiger partial charge is 0.481 e. The summed E-state index contributed by atoms with van der Waals surface area (Å²) >= 11 is 1.30. The second-order valence-electron chi connectivity index (χ2n) is 9.01. The summed E-state index contributed by atoms with van der Waals surface area (Å²) < 4.78 is 56.1. The van der Waals surface area contributed by atoms with E-state index >= 15 is 0 Å². The normalized spacial score (nSPS) is 16.9. The number of piperidine rings is 1. The molecule has 1 N–H and O–H groups in total. The SMILES string of the molecule is CC(C)n1cc(N2CCCC(C(F)(F)F)C2)c2nc(SCc3ccc(F)c(CC(=O)O)c3)ncc21. The van der Waals surface area contributed by atoms with Crippen LogP contribution in [0.3, 0.4) is 0 Å². The van der Waals surface area contributed by atoms with Gasteiger partial charge in [-0.25, -0.2) is 14.4 Å². The molecule has 2 aromatic heterocycles. The number of carboxylic acid groups (broad SMARTS) is 1. The van der Waals surface area contributed by atoms with Gasteiger partial charge in [-0.15, -0.1) is 0 Å². The monoisotopic (exact) mass is 510 g/mol. The Balaban J connectivity index is 1.61. The molecule has 3 aromatic rings. The Kier molecular flexibility index (Phi) is 7.25. The van der Waals surface area contributed by atoms with Crippen molar-refractivity contribution in [3.05, 3.63) is 47.5 Å². The van der Waals surface area contributed by atoms with Gasteiger partial charge in [-0.3, -0.25) is 4.79 Å². The maximum absolute atomic E-state index is 13.9. The molecule has 11 heteroatoms. The number of anilines is 1. The van der Waals surface area contributed by atoms with Crippen LogP contribution in [0.2, 0.25) is 0 Å². The molecule has 1 unspecified atom stereocenters. The molecule has 1 aromatic carbocycles. The molecule has 1 fully saturated rings. The molecule has 0 spiro atoms. The third kappa shape index (κ3) is 5.71. The Morgan fingerprint density at radius 3 is 2.77 bits per heavy atom. The van der Waals surface area contributed by atoms with Crippen LogP contribution in [0.15, 0.2) is 35.7 Å². The Labute approximate surface area is 204 Å². The van der Waals surface area contributed by atoms with Gasteiger partial charge in [0.15, 0.2) is 5.16 Å². The summed E-state index contributed by atoms with van der Waals surface area (Å²) in [5.74, 6) is -2.67. The molecular formula is C24H26F4N4O2S. The van der Waals surface area contributed by atoms with Gasteiger partial charge < -0.3 is 14.6 Å². The maximum atomic E-state index is 13.9. The van der Waals surface area contributed by atoms with E-state index in [9.17, 15) is 22.4 Å². The number of alkyl halides is 3.